The van der Waals surface area contributed by atoms with Gasteiger partial charge in [-0.05, 0) is 63.4 Å². The molecule has 1 N–H and O–H groups in total. The molecule has 1 aromatic rings. The molecule has 0 aliphatic carbocycles. The number of halogens is 1. The average Bonchev–Trinajstić information content (AvgIpc) is 3.01. The second-order valence-corrected chi connectivity index (χ2v) is 7.15. The van der Waals surface area contributed by atoms with Gasteiger partial charge in [0.05, 0.1) is 0 Å². The van der Waals surface area contributed by atoms with E-state index in [4.69, 9.17) is 0 Å². The van der Waals surface area contributed by atoms with Gasteiger partial charge in [0, 0.05) is 22.6 Å². The first-order chi connectivity index (χ1) is 9.75. The summed E-state index contributed by atoms with van der Waals surface area (Å²) < 4.78 is 1.17. The number of piperidine rings is 1. The van der Waals surface area contributed by atoms with E-state index in [1.807, 2.05) is 0 Å². The van der Waals surface area contributed by atoms with Crippen LogP contribution in [0.4, 0.5) is 0 Å². The molecule has 20 heavy (non-hydrogen) atoms. The molecule has 0 saturated carbocycles. The first-order valence-corrected chi connectivity index (χ1v) is 8.79. The molecule has 2 heterocycles. The van der Waals surface area contributed by atoms with E-state index in [0.717, 1.165) is 6.04 Å². The van der Waals surface area contributed by atoms with E-state index in [-0.39, 0.29) is 0 Å². The molecular weight excluding hydrogens is 312 g/mol. The Morgan fingerprint density at radius 2 is 1.95 bits per heavy atom. The van der Waals surface area contributed by atoms with Gasteiger partial charge in [0.1, 0.15) is 0 Å². The highest BCUT2D eigenvalue weighted by Gasteiger charge is 2.34. The highest BCUT2D eigenvalue weighted by atomic mass is 79.9. The molecule has 3 heteroatoms. The normalized spacial score (nSPS) is 29.5. The quantitative estimate of drug-likeness (QED) is 0.893. The third-order valence-corrected chi connectivity index (χ3v) is 5.53. The predicted octanol–water partition coefficient (Wildman–Crippen LogP) is 4.12. The van der Waals surface area contributed by atoms with Gasteiger partial charge in [0.25, 0.3) is 0 Å². The van der Waals surface area contributed by atoms with Gasteiger partial charge in [-0.2, -0.15) is 0 Å². The predicted molar refractivity (Wildman–Crippen MR) is 87.9 cm³/mol. The lowest BCUT2D eigenvalue weighted by molar-refractivity contribution is 0.0803. The molecule has 0 aromatic heterocycles. The third-order valence-electron chi connectivity index (χ3n) is 5.00. The van der Waals surface area contributed by atoms with Crippen molar-refractivity contribution in [3.05, 3.63) is 34.3 Å². The molecule has 2 nitrogen and oxygen atoms in total. The summed E-state index contributed by atoms with van der Waals surface area (Å²) in [5.74, 6) is 0. The van der Waals surface area contributed by atoms with Gasteiger partial charge in [0.2, 0.25) is 0 Å². The van der Waals surface area contributed by atoms with Crippen LogP contribution < -0.4 is 5.32 Å². The highest BCUT2D eigenvalue weighted by molar-refractivity contribution is 9.10. The minimum atomic E-state index is 0.524. The van der Waals surface area contributed by atoms with E-state index in [0.29, 0.717) is 12.1 Å². The van der Waals surface area contributed by atoms with Gasteiger partial charge in [-0.15, -0.1) is 0 Å². The zero-order valence-electron chi connectivity index (χ0n) is 12.3. The smallest absolute Gasteiger partial charge is 0.0323 e. The van der Waals surface area contributed by atoms with Crippen molar-refractivity contribution in [2.24, 2.45) is 0 Å². The fraction of sp³-hybridized carbons (Fsp3) is 0.647. The fourth-order valence-corrected chi connectivity index (χ4v) is 4.13. The number of benzene rings is 1. The number of nitrogens with zero attached hydrogens (tertiary/aromatic N) is 1. The van der Waals surface area contributed by atoms with Crippen molar-refractivity contribution in [3.63, 3.8) is 0 Å². The number of likely N-dealkylation sites (tertiary alicyclic amines) is 1. The molecule has 3 unspecified atom stereocenters. The molecule has 3 rings (SSSR count). The lowest BCUT2D eigenvalue weighted by Gasteiger charge is -2.43. The first kappa shape index (κ1) is 14.6. The summed E-state index contributed by atoms with van der Waals surface area (Å²) in [5, 5.41) is 3.72. The van der Waals surface area contributed by atoms with E-state index >= 15 is 0 Å². The van der Waals surface area contributed by atoms with Crippen LogP contribution in [0.3, 0.4) is 0 Å². The highest BCUT2D eigenvalue weighted by Crippen LogP contribution is 2.32. The van der Waals surface area contributed by atoms with Crippen molar-refractivity contribution in [3.8, 4) is 0 Å². The zero-order chi connectivity index (χ0) is 13.9. The van der Waals surface area contributed by atoms with Crippen molar-refractivity contribution in [1.29, 1.82) is 0 Å². The van der Waals surface area contributed by atoms with Crippen LogP contribution in [0.5, 0.6) is 0 Å². The molecule has 2 aliphatic heterocycles. The van der Waals surface area contributed by atoms with Crippen LogP contribution in [0, 0.1) is 0 Å². The first-order valence-electron chi connectivity index (χ1n) is 8.00. The summed E-state index contributed by atoms with van der Waals surface area (Å²) in [6.07, 6.45) is 6.81. The van der Waals surface area contributed by atoms with Crippen LogP contribution >= 0.6 is 15.9 Å². The lowest BCUT2D eigenvalue weighted by atomic mass is 9.91. The van der Waals surface area contributed by atoms with Crippen LogP contribution in [-0.4, -0.2) is 30.1 Å². The van der Waals surface area contributed by atoms with Gasteiger partial charge >= 0.3 is 0 Å². The van der Waals surface area contributed by atoms with Crippen LogP contribution in [0.25, 0.3) is 0 Å². The second-order valence-electron chi connectivity index (χ2n) is 6.23. The zero-order valence-corrected chi connectivity index (χ0v) is 13.9. The maximum atomic E-state index is 3.72. The van der Waals surface area contributed by atoms with E-state index in [1.54, 1.807) is 0 Å². The Labute approximate surface area is 131 Å². The summed E-state index contributed by atoms with van der Waals surface area (Å²) in [4.78, 5) is 2.75. The van der Waals surface area contributed by atoms with Crippen molar-refractivity contribution >= 4 is 15.9 Å². The summed E-state index contributed by atoms with van der Waals surface area (Å²) in [6.45, 7) is 4.83. The Hall–Kier alpha value is -0.380. The van der Waals surface area contributed by atoms with E-state index in [2.05, 4.69) is 57.3 Å². The largest absolute Gasteiger partial charge is 0.312 e. The van der Waals surface area contributed by atoms with E-state index in [1.165, 1.54) is 55.2 Å². The summed E-state index contributed by atoms with van der Waals surface area (Å²) in [6, 6.07) is 10.8. The summed E-state index contributed by atoms with van der Waals surface area (Å²) in [7, 11) is 0. The maximum Gasteiger partial charge on any atom is 0.0323 e. The number of hydrogen-bond acceptors (Lipinski definition) is 2. The van der Waals surface area contributed by atoms with Crippen LogP contribution in [0.15, 0.2) is 28.7 Å². The minimum absolute atomic E-state index is 0.524. The molecule has 2 saturated heterocycles. The number of hydrogen-bond donors (Lipinski definition) is 1. The molecule has 0 bridgehead atoms. The number of nitrogens with one attached hydrogen (secondary N) is 1. The van der Waals surface area contributed by atoms with Gasteiger partial charge in [-0.1, -0.05) is 34.5 Å². The molecule has 2 fully saturated rings. The molecular formula is C17H25BrN2. The molecule has 110 valence electrons. The average molecular weight is 337 g/mol. The Kier molecular flexibility index (Phi) is 4.79. The van der Waals surface area contributed by atoms with Crippen LogP contribution in [-0.2, 0) is 0 Å². The Morgan fingerprint density at radius 3 is 2.65 bits per heavy atom. The van der Waals surface area contributed by atoms with Gasteiger partial charge in [-0.25, -0.2) is 0 Å². The van der Waals surface area contributed by atoms with Crippen molar-refractivity contribution < 1.29 is 0 Å². The van der Waals surface area contributed by atoms with Gasteiger partial charge in [0.15, 0.2) is 0 Å². The Bertz CT molecular complexity index is 425. The van der Waals surface area contributed by atoms with Gasteiger partial charge < -0.3 is 5.32 Å². The van der Waals surface area contributed by atoms with Crippen LogP contribution in [0.2, 0.25) is 0 Å². The standard InChI is InChI=1S/C17H25BrN2/c1-13(14-7-9-15(18)10-8-14)20-12-3-2-6-17(20)16-5-4-11-19-16/h7-10,13,16-17,19H,2-6,11-12H2,1H3. The van der Waals surface area contributed by atoms with Crippen molar-refractivity contribution in [2.75, 3.05) is 13.1 Å². The summed E-state index contributed by atoms with van der Waals surface area (Å²) in [5.41, 5.74) is 1.44. The van der Waals surface area contributed by atoms with Crippen molar-refractivity contribution in [2.45, 2.75) is 57.2 Å². The molecule has 1 aromatic carbocycles. The second kappa shape index (κ2) is 6.59. The monoisotopic (exact) mass is 336 g/mol. The molecule has 0 radical (unpaired) electrons. The fourth-order valence-electron chi connectivity index (χ4n) is 3.87. The minimum Gasteiger partial charge on any atom is -0.312 e. The molecule has 2 aliphatic rings. The maximum absolute atomic E-state index is 3.72. The van der Waals surface area contributed by atoms with E-state index in [9.17, 15) is 0 Å². The molecule has 3 atom stereocenters. The van der Waals surface area contributed by atoms with E-state index < -0.39 is 0 Å². The lowest BCUT2D eigenvalue weighted by Crippen LogP contribution is -2.50. The third kappa shape index (κ3) is 3.10. The topological polar surface area (TPSA) is 15.3 Å². The molecule has 0 amide bonds. The SMILES string of the molecule is CC(c1ccc(Br)cc1)N1CCCCC1C1CCCN1. The molecule has 0 spiro atoms. The van der Waals surface area contributed by atoms with Gasteiger partial charge in [-0.3, -0.25) is 4.90 Å². The Balaban J connectivity index is 1.76. The Morgan fingerprint density at radius 1 is 1.15 bits per heavy atom. The van der Waals surface area contributed by atoms with Crippen molar-refractivity contribution in [1.82, 2.24) is 10.2 Å². The number of rotatable bonds is 3. The summed E-state index contributed by atoms with van der Waals surface area (Å²) >= 11 is 3.53. The van der Waals surface area contributed by atoms with Crippen LogP contribution in [0.1, 0.15) is 50.6 Å².